The number of aromatic nitrogens is 1. The van der Waals surface area contributed by atoms with E-state index in [1.807, 2.05) is 12.1 Å². The lowest BCUT2D eigenvalue weighted by Crippen LogP contribution is -2.07. The summed E-state index contributed by atoms with van der Waals surface area (Å²) in [5.74, 6) is 1.67. The van der Waals surface area contributed by atoms with Crippen LogP contribution in [0, 0.1) is 0 Å². The van der Waals surface area contributed by atoms with E-state index >= 15 is 0 Å². The number of ether oxygens (including phenoxy) is 3. The zero-order chi connectivity index (χ0) is 21.0. The van der Waals surface area contributed by atoms with E-state index in [9.17, 15) is 4.79 Å². The van der Waals surface area contributed by atoms with E-state index in [2.05, 4.69) is 30.2 Å². The van der Waals surface area contributed by atoms with Gasteiger partial charge in [0.05, 0.1) is 31.5 Å². The van der Waals surface area contributed by atoms with E-state index < -0.39 is 0 Å². The third-order valence-corrected chi connectivity index (χ3v) is 5.35. The molecule has 7 heteroatoms. The third kappa shape index (κ3) is 4.51. The highest BCUT2D eigenvalue weighted by Crippen LogP contribution is 2.38. The van der Waals surface area contributed by atoms with Crippen LogP contribution in [0.5, 0.6) is 17.2 Å². The molecule has 1 heterocycles. The average Bonchev–Trinajstić information content (AvgIpc) is 3.13. The van der Waals surface area contributed by atoms with Gasteiger partial charge in [-0.15, -0.1) is 0 Å². The van der Waals surface area contributed by atoms with Crippen molar-refractivity contribution in [1.82, 2.24) is 4.98 Å². The van der Waals surface area contributed by atoms with Crippen LogP contribution in [0.15, 0.2) is 36.4 Å². The van der Waals surface area contributed by atoms with Crippen molar-refractivity contribution in [1.29, 1.82) is 0 Å². The standard InChI is InChI=1S/C22H24N2O4S/c1-13(2)15-7-6-8-18-20(15)24-22(29-18)23-19(25)10-9-14-11-16(26-3)21(28-5)17(12-14)27-4/h6-13H,1-5H3,(H,23,24,25)/b10-9+. The SMILES string of the molecule is COc1cc(/C=C/C(=O)Nc2nc3c(C(C)C)cccc3s2)cc(OC)c1OC. The van der Waals surface area contributed by atoms with E-state index in [-0.39, 0.29) is 5.91 Å². The minimum absolute atomic E-state index is 0.260. The molecule has 0 bridgehead atoms. The highest BCUT2D eigenvalue weighted by molar-refractivity contribution is 7.22. The summed E-state index contributed by atoms with van der Waals surface area (Å²) in [6.45, 7) is 4.26. The number of fused-ring (bicyclic) bond motifs is 1. The summed E-state index contributed by atoms with van der Waals surface area (Å²) < 4.78 is 17.0. The number of anilines is 1. The summed E-state index contributed by atoms with van der Waals surface area (Å²) in [4.78, 5) is 17.0. The zero-order valence-electron chi connectivity index (χ0n) is 17.1. The van der Waals surface area contributed by atoms with Crippen molar-refractivity contribution >= 4 is 38.7 Å². The summed E-state index contributed by atoms with van der Waals surface area (Å²) in [6.07, 6.45) is 3.14. The van der Waals surface area contributed by atoms with E-state index in [1.54, 1.807) is 39.5 Å². The molecule has 0 unspecified atom stereocenters. The van der Waals surface area contributed by atoms with Gasteiger partial charge < -0.3 is 14.2 Å². The van der Waals surface area contributed by atoms with Crippen LogP contribution >= 0.6 is 11.3 Å². The van der Waals surface area contributed by atoms with Crippen LogP contribution in [0.25, 0.3) is 16.3 Å². The van der Waals surface area contributed by atoms with Crippen molar-refractivity contribution in [3.8, 4) is 17.2 Å². The van der Waals surface area contributed by atoms with Crippen LogP contribution in [-0.2, 0) is 4.79 Å². The Labute approximate surface area is 174 Å². The van der Waals surface area contributed by atoms with Gasteiger partial charge in [-0.3, -0.25) is 10.1 Å². The minimum atomic E-state index is -0.260. The Bertz CT molecular complexity index is 1030. The second-order valence-corrected chi connectivity index (χ2v) is 7.68. The van der Waals surface area contributed by atoms with Crippen LogP contribution < -0.4 is 19.5 Å². The number of nitrogens with one attached hydrogen (secondary N) is 1. The number of methoxy groups -OCH3 is 3. The molecule has 29 heavy (non-hydrogen) atoms. The molecule has 0 atom stereocenters. The number of rotatable bonds is 7. The molecule has 0 aliphatic heterocycles. The molecule has 0 aliphatic rings. The highest BCUT2D eigenvalue weighted by Gasteiger charge is 2.13. The van der Waals surface area contributed by atoms with Gasteiger partial charge in [0.15, 0.2) is 16.6 Å². The van der Waals surface area contributed by atoms with E-state index in [1.165, 1.54) is 23.0 Å². The summed E-state index contributed by atoms with van der Waals surface area (Å²) in [7, 11) is 4.65. The second-order valence-electron chi connectivity index (χ2n) is 6.65. The van der Waals surface area contributed by atoms with Crippen molar-refractivity contribution in [3.63, 3.8) is 0 Å². The monoisotopic (exact) mass is 412 g/mol. The first-order valence-corrected chi connectivity index (χ1v) is 9.97. The molecule has 0 spiro atoms. The molecule has 2 aromatic carbocycles. The summed E-state index contributed by atoms with van der Waals surface area (Å²) in [5, 5.41) is 3.42. The second kappa shape index (κ2) is 8.96. The van der Waals surface area contributed by atoms with Gasteiger partial charge in [-0.25, -0.2) is 4.98 Å². The molecule has 152 valence electrons. The minimum Gasteiger partial charge on any atom is -0.493 e. The van der Waals surface area contributed by atoms with E-state index in [0.29, 0.717) is 28.3 Å². The maximum Gasteiger partial charge on any atom is 0.250 e. The van der Waals surface area contributed by atoms with Gasteiger partial charge in [0.25, 0.3) is 0 Å². The van der Waals surface area contributed by atoms with Crippen molar-refractivity contribution in [2.24, 2.45) is 0 Å². The molecule has 0 aliphatic carbocycles. The van der Waals surface area contributed by atoms with Crippen LogP contribution in [-0.4, -0.2) is 32.2 Å². The fourth-order valence-electron chi connectivity index (χ4n) is 3.01. The molecule has 0 radical (unpaired) electrons. The topological polar surface area (TPSA) is 69.7 Å². The fourth-order valence-corrected chi connectivity index (χ4v) is 3.91. The van der Waals surface area contributed by atoms with Gasteiger partial charge in [-0.2, -0.15) is 0 Å². The fraction of sp³-hybridized carbons (Fsp3) is 0.273. The van der Waals surface area contributed by atoms with Crippen LogP contribution in [0.3, 0.4) is 0 Å². The Kier molecular flexibility index (Phi) is 6.39. The number of benzene rings is 2. The molecule has 1 N–H and O–H groups in total. The molecule has 3 aromatic rings. The lowest BCUT2D eigenvalue weighted by molar-refractivity contribution is -0.111. The zero-order valence-corrected chi connectivity index (χ0v) is 17.9. The Hall–Kier alpha value is -3.06. The summed E-state index contributed by atoms with van der Waals surface area (Å²) in [6, 6.07) is 9.66. The normalized spacial score (nSPS) is 11.2. The largest absolute Gasteiger partial charge is 0.493 e. The predicted molar refractivity (Wildman–Crippen MR) is 117 cm³/mol. The van der Waals surface area contributed by atoms with Gasteiger partial charge in [0.2, 0.25) is 11.7 Å². The Morgan fingerprint density at radius 1 is 1.10 bits per heavy atom. The molecule has 0 saturated heterocycles. The number of hydrogen-bond donors (Lipinski definition) is 1. The number of para-hydroxylation sites is 1. The van der Waals surface area contributed by atoms with E-state index in [4.69, 9.17) is 14.2 Å². The number of hydrogen-bond acceptors (Lipinski definition) is 6. The van der Waals surface area contributed by atoms with Crippen LogP contribution in [0.2, 0.25) is 0 Å². The number of thiazole rings is 1. The predicted octanol–water partition coefficient (Wildman–Crippen LogP) is 5.10. The van der Waals surface area contributed by atoms with Gasteiger partial charge in [0.1, 0.15) is 0 Å². The van der Waals surface area contributed by atoms with Crippen molar-refractivity contribution in [2.75, 3.05) is 26.6 Å². The number of amides is 1. The maximum absolute atomic E-state index is 12.4. The smallest absolute Gasteiger partial charge is 0.250 e. The van der Waals surface area contributed by atoms with Crippen molar-refractivity contribution in [2.45, 2.75) is 19.8 Å². The Morgan fingerprint density at radius 2 is 1.79 bits per heavy atom. The molecular formula is C22H24N2O4S. The van der Waals surface area contributed by atoms with Gasteiger partial charge >= 0.3 is 0 Å². The van der Waals surface area contributed by atoms with Crippen molar-refractivity contribution < 1.29 is 19.0 Å². The molecule has 0 fully saturated rings. The first-order chi connectivity index (χ1) is 14.0. The Balaban J connectivity index is 1.80. The van der Waals surface area contributed by atoms with Crippen LogP contribution in [0.1, 0.15) is 30.9 Å². The lowest BCUT2D eigenvalue weighted by atomic mass is 10.0. The molecule has 1 amide bonds. The summed E-state index contributed by atoms with van der Waals surface area (Å²) in [5.41, 5.74) is 2.87. The van der Waals surface area contributed by atoms with Crippen LogP contribution in [0.4, 0.5) is 5.13 Å². The molecule has 3 rings (SSSR count). The lowest BCUT2D eigenvalue weighted by Gasteiger charge is -2.12. The first-order valence-electron chi connectivity index (χ1n) is 9.15. The quantitative estimate of drug-likeness (QED) is 0.547. The molecule has 1 aromatic heterocycles. The highest BCUT2D eigenvalue weighted by atomic mass is 32.1. The van der Waals surface area contributed by atoms with Crippen molar-refractivity contribution in [3.05, 3.63) is 47.5 Å². The third-order valence-electron chi connectivity index (χ3n) is 4.42. The number of carbonyl (C=O) groups excluding carboxylic acids is 1. The molecular weight excluding hydrogens is 388 g/mol. The number of nitrogens with zero attached hydrogens (tertiary/aromatic N) is 1. The van der Waals surface area contributed by atoms with Gasteiger partial charge in [-0.05, 0) is 41.3 Å². The maximum atomic E-state index is 12.4. The summed E-state index contributed by atoms with van der Waals surface area (Å²) >= 11 is 1.46. The number of carbonyl (C=O) groups is 1. The Morgan fingerprint density at radius 3 is 2.38 bits per heavy atom. The van der Waals surface area contributed by atoms with Gasteiger partial charge in [0, 0.05) is 6.08 Å². The van der Waals surface area contributed by atoms with Gasteiger partial charge in [-0.1, -0.05) is 37.3 Å². The average molecular weight is 413 g/mol. The van der Waals surface area contributed by atoms with E-state index in [0.717, 1.165) is 15.8 Å². The molecule has 6 nitrogen and oxygen atoms in total. The first kappa shape index (κ1) is 20.7. The molecule has 0 saturated carbocycles.